The lowest BCUT2D eigenvalue weighted by molar-refractivity contribution is 0.279. The molecule has 0 aromatic heterocycles. The molecular weight excluding hydrogens is 252 g/mol. The molecule has 3 nitrogen and oxygen atoms in total. The van der Waals surface area contributed by atoms with Crippen LogP contribution in [0, 0.1) is 0 Å². The highest BCUT2D eigenvalue weighted by Crippen LogP contribution is 2.29. The minimum Gasteiger partial charge on any atom is -0.493 e. The summed E-state index contributed by atoms with van der Waals surface area (Å²) in [7, 11) is 1.65. The molecule has 0 atom stereocenters. The highest BCUT2D eigenvalue weighted by atomic mass is 16.5. The zero-order chi connectivity index (χ0) is 14.4. The van der Waals surface area contributed by atoms with Crippen LogP contribution in [0.3, 0.4) is 0 Å². The fourth-order valence-corrected chi connectivity index (χ4v) is 1.95. The number of aryl methyl sites for hydroxylation is 1. The largest absolute Gasteiger partial charge is 0.493 e. The summed E-state index contributed by atoms with van der Waals surface area (Å²) in [4.78, 5) is 0. The third-order valence-electron chi connectivity index (χ3n) is 3.24. The summed E-state index contributed by atoms with van der Waals surface area (Å²) in [6, 6.07) is 13.7. The Kier molecular flexibility index (Phi) is 5.02. The highest BCUT2D eigenvalue weighted by molar-refractivity contribution is 5.43. The molecule has 2 rings (SSSR count). The van der Waals surface area contributed by atoms with Crippen molar-refractivity contribution >= 4 is 0 Å². The van der Waals surface area contributed by atoms with Crippen LogP contribution >= 0.6 is 0 Å². The highest BCUT2D eigenvalue weighted by Gasteiger charge is 2.05. The van der Waals surface area contributed by atoms with Gasteiger partial charge in [-0.25, -0.2) is 0 Å². The molecule has 2 aromatic rings. The lowest BCUT2D eigenvalue weighted by atomic mass is 10.1. The van der Waals surface area contributed by atoms with Gasteiger partial charge < -0.3 is 14.6 Å². The zero-order valence-electron chi connectivity index (χ0n) is 11.9. The van der Waals surface area contributed by atoms with Crippen molar-refractivity contribution in [2.45, 2.75) is 26.6 Å². The van der Waals surface area contributed by atoms with E-state index in [0.717, 1.165) is 29.0 Å². The van der Waals surface area contributed by atoms with Crippen molar-refractivity contribution in [1.82, 2.24) is 0 Å². The van der Waals surface area contributed by atoms with Gasteiger partial charge in [-0.05, 0) is 35.2 Å². The molecule has 0 saturated carbocycles. The van der Waals surface area contributed by atoms with Gasteiger partial charge in [0.15, 0.2) is 11.5 Å². The number of rotatable bonds is 6. The second-order valence-corrected chi connectivity index (χ2v) is 4.60. The van der Waals surface area contributed by atoms with Crippen LogP contribution < -0.4 is 9.47 Å². The number of ether oxygens (including phenoxy) is 2. The molecule has 1 N–H and O–H groups in total. The van der Waals surface area contributed by atoms with E-state index < -0.39 is 0 Å². The number of aliphatic hydroxyl groups excluding tert-OH is 1. The Bertz CT molecular complexity index is 547. The van der Waals surface area contributed by atoms with Crippen molar-refractivity contribution < 1.29 is 14.6 Å². The Labute approximate surface area is 119 Å². The summed E-state index contributed by atoms with van der Waals surface area (Å²) in [5.74, 6) is 1.51. The van der Waals surface area contributed by atoms with E-state index in [1.807, 2.05) is 42.5 Å². The summed E-state index contributed by atoms with van der Waals surface area (Å²) in [5, 5.41) is 9.01. The lowest BCUT2D eigenvalue weighted by Gasteiger charge is -2.12. The van der Waals surface area contributed by atoms with Crippen molar-refractivity contribution in [1.29, 1.82) is 0 Å². The predicted octanol–water partition coefficient (Wildman–Crippen LogP) is 3.33. The first-order chi connectivity index (χ1) is 9.76. The number of benzene rings is 2. The first-order valence-corrected chi connectivity index (χ1v) is 6.75. The monoisotopic (exact) mass is 272 g/mol. The normalized spacial score (nSPS) is 10.3. The third-order valence-corrected chi connectivity index (χ3v) is 3.24. The van der Waals surface area contributed by atoms with Gasteiger partial charge in [0.25, 0.3) is 0 Å². The standard InChI is InChI=1S/C17H20O3/c1-3-13-8-9-16(17(10-13)19-2)20-12-15-6-4-14(11-18)5-7-15/h4-10,18H,3,11-12H2,1-2H3. The average Bonchev–Trinajstić information content (AvgIpc) is 2.53. The Balaban J connectivity index is 2.05. The number of aliphatic hydroxyl groups is 1. The van der Waals surface area contributed by atoms with Gasteiger partial charge in [0.05, 0.1) is 13.7 Å². The first kappa shape index (κ1) is 14.4. The van der Waals surface area contributed by atoms with E-state index in [0.29, 0.717) is 6.61 Å². The summed E-state index contributed by atoms with van der Waals surface area (Å²) in [6.45, 7) is 2.65. The minimum atomic E-state index is 0.0629. The molecule has 0 bridgehead atoms. The fourth-order valence-electron chi connectivity index (χ4n) is 1.95. The quantitative estimate of drug-likeness (QED) is 0.876. The second kappa shape index (κ2) is 6.96. The number of hydrogen-bond donors (Lipinski definition) is 1. The molecule has 0 saturated heterocycles. The van der Waals surface area contributed by atoms with Gasteiger partial charge in [0.1, 0.15) is 6.61 Å². The lowest BCUT2D eigenvalue weighted by Crippen LogP contribution is -1.98. The molecule has 0 heterocycles. The van der Waals surface area contributed by atoms with E-state index in [-0.39, 0.29) is 6.61 Å². The Hall–Kier alpha value is -2.00. The van der Waals surface area contributed by atoms with Crippen molar-refractivity contribution in [3.8, 4) is 11.5 Å². The second-order valence-electron chi connectivity index (χ2n) is 4.60. The van der Waals surface area contributed by atoms with Crippen molar-refractivity contribution in [3.05, 3.63) is 59.2 Å². The van der Waals surface area contributed by atoms with Crippen LogP contribution in [-0.4, -0.2) is 12.2 Å². The molecule has 0 fully saturated rings. The predicted molar refractivity (Wildman–Crippen MR) is 79.1 cm³/mol. The van der Waals surface area contributed by atoms with Crippen LogP contribution in [0.15, 0.2) is 42.5 Å². The minimum absolute atomic E-state index is 0.0629. The molecular formula is C17H20O3. The van der Waals surface area contributed by atoms with Gasteiger partial charge in [-0.2, -0.15) is 0 Å². The summed E-state index contributed by atoms with van der Waals surface area (Å²) < 4.78 is 11.2. The van der Waals surface area contributed by atoms with E-state index in [1.165, 1.54) is 5.56 Å². The molecule has 3 heteroatoms. The van der Waals surface area contributed by atoms with Crippen LogP contribution in [0.5, 0.6) is 11.5 Å². The Morgan fingerprint density at radius 3 is 2.15 bits per heavy atom. The van der Waals surface area contributed by atoms with Crippen LogP contribution in [0.4, 0.5) is 0 Å². The van der Waals surface area contributed by atoms with Gasteiger partial charge >= 0.3 is 0 Å². The molecule has 0 amide bonds. The molecule has 0 aliphatic rings. The van der Waals surface area contributed by atoms with E-state index in [2.05, 4.69) is 6.92 Å². The van der Waals surface area contributed by atoms with Gasteiger partial charge in [-0.3, -0.25) is 0 Å². The SMILES string of the molecule is CCc1ccc(OCc2ccc(CO)cc2)c(OC)c1. The maximum atomic E-state index is 9.01. The summed E-state index contributed by atoms with van der Waals surface area (Å²) >= 11 is 0. The molecule has 0 radical (unpaired) electrons. The van der Waals surface area contributed by atoms with E-state index in [1.54, 1.807) is 7.11 Å². The maximum Gasteiger partial charge on any atom is 0.161 e. The Morgan fingerprint density at radius 2 is 1.55 bits per heavy atom. The molecule has 0 spiro atoms. The number of hydrogen-bond acceptors (Lipinski definition) is 3. The molecule has 0 aliphatic carbocycles. The van der Waals surface area contributed by atoms with E-state index in [4.69, 9.17) is 14.6 Å². The van der Waals surface area contributed by atoms with Gasteiger partial charge in [-0.15, -0.1) is 0 Å². The number of methoxy groups -OCH3 is 1. The van der Waals surface area contributed by atoms with E-state index >= 15 is 0 Å². The summed E-state index contributed by atoms with van der Waals surface area (Å²) in [5.41, 5.74) is 3.18. The van der Waals surface area contributed by atoms with E-state index in [9.17, 15) is 0 Å². The summed E-state index contributed by atoms with van der Waals surface area (Å²) in [6.07, 6.45) is 0.971. The fraction of sp³-hybridized carbons (Fsp3) is 0.294. The smallest absolute Gasteiger partial charge is 0.161 e. The molecule has 106 valence electrons. The average molecular weight is 272 g/mol. The Morgan fingerprint density at radius 1 is 0.900 bits per heavy atom. The topological polar surface area (TPSA) is 38.7 Å². The van der Waals surface area contributed by atoms with Crippen LogP contribution in [0.1, 0.15) is 23.6 Å². The molecule has 20 heavy (non-hydrogen) atoms. The molecule has 0 unspecified atom stereocenters. The van der Waals surface area contributed by atoms with Crippen LogP contribution in [0.2, 0.25) is 0 Å². The molecule has 2 aromatic carbocycles. The van der Waals surface area contributed by atoms with Crippen LogP contribution in [-0.2, 0) is 19.6 Å². The van der Waals surface area contributed by atoms with Crippen molar-refractivity contribution in [2.24, 2.45) is 0 Å². The van der Waals surface area contributed by atoms with Crippen LogP contribution in [0.25, 0.3) is 0 Å². The first-order valence-electron chi connectivity index (χ1n) is 6.75. The maximum absolute atomic E-state index is 9.01. The van der Waals surface area contributed by atoms with Crippen molar-refractivity contribution in [2.75, 3.05) is 7.11 Å². The molecule has 0 aliphatic heterocycles. The zero-order valence-corrected chi connectivity index (χ0v) is 11.9. The third kappa shape index (κ3) is 3.52. The van der Waals surface area contributed by atoms with Gasteiger partial charge in [0.2, 0.25) is 0 Å². The van der Waals surface area contributed by atoms with Gasteiger partial charge in [0, 0.05) is 0 Å². The van der Waals surface area contributed by atoms with Crippen molar-refractivity contribution in [3.63, 3.8) is 0 Å². The van der Waals surface area contributed by atoms with Gasteiger partial charge in [-0.1, -0.05) is 37.3 Å².